The molecule has 5 rings (SSSR count). The SMILES string of the molecule is Cc1cc2c3c(c1)CN(N1CCN(C)CC1)c1cc(Cl)ccc1N3CC2. The number of hydrogen-bond acceptors (Lipinski definition) is 4. The third-order valence-electron chi connectivity index (χ3n) is 5.93. The van der Waals surface area contributed by atoms with E-state index >= 15 is 0 Å². The zero-order chi connectivity index (χ0) is 17.8. The number of aryl methyl sites for hydroxylation is 1. The number of nitrogens with zero attached hydrogens (tertiary/aromatic N) is 4. The summed E-state index contributed by atoms with van der Waals surface area (Å²) < 4.78 is 0. The summed E-state index contributed by atoms with van der Waals surface area (Å²) in [5.74, 6) is 0. The molecule has 0 radical (unpaired) electrons. The van der Waals surface area contributed by atoms with Gasteiger partial charge >= 0.3 is 0 Å². The quantitative estimate of drug-likeness (QED) is 0.758. The molecule has 2 aromatic carbocycles. The van der Waals surface area contributed by atoms with E-state index in [9.17, 15) is 0 Å². The van der Waals surface area contributed by atoms with Crippen molar-refractivity contribution in [3.63, 3.8) is 0 Å². The van der Waals surface area contributed by atoms with Gasteiger partial charge in [0.1, 0.15) is 0 Å². The summed E-state index contributed by atoms with van der Waals surface area (Å²) >= 11 is 6.43. The van der Waals surface area contributed by atoms with Gasteiger partial charge in [-0.05, 0) is 49.7 Å². The summed E-state index contributed by atoms with van der Waals surface area (Å²) in [7, 11) is 2.20. The topological polar surface area (TPSA) is 13.0 Å². The van der Waals surface area contributed by atoms with Crippen molar-refractivity contribution in [2.24, 2.45) is 0 Å². The first-order chi connectivity index (χ1) is 12.6. The van der Waals surface area contributed by atoms with E-state index in [1.807, 2.05) is 6.07 Å². The molecule has 0 aliphatic carbocycles. The number of fused-ring (bicyclic) bond motifs is 2. The third kappa shape index (κ3) is 2.59. The first-order valence-corrected chi connectivity index (χ1v) is 9.88. The van der Waals surface area contributed by atoms with E-state index in [2.05, 4.69) is 58.1 Å². The van der Waals surface area contributed by atoms with E-state index in [0.717, 1.165) is 50.7 Å². The van der Waals surface area contributed by atoms with Gasteiger partial charge in [-0.25, -0.2) is 5.01 Å². The molecule has 0 bridgehead atoms. The summed E-state index contributed by atoms with van der Waals surface area (Å²) in [4.78, 5) is 4.91. The van der Waals surface area contributed by atoms with Crippen molar-refractivity contribution in [1.82, 2.24) is 9.91 Å². The van der Waals surface area contributed by atoms with E-state index in [1.165, 1.54) is 33.8 Å². The monoisotopic (exact) mass is 368 g/mol. The van der Waals surface area contributed by atoms with Gasteiger partial charge in [0.15, 0.2) is 0 Å². The summed E-state index contributed by atoms with van der Waals surface area (Å²) in [6, 6.07) is 11.1. The Balaban J connectivity index is 1.66. The van der Waals surface area contributed by atoms with Gasteiger partial charge in [-0.15, -0.1) is 0 Å². The van der Waals surface area contributed by atoms with Gasteiger partial charge in [0.25, 0.3) is 0 Å². The smallest absolute Gasteiger partial charge is 0.0778 e. The van der Waals surface area contributed by atoms with Gasteiger partial charge in [-0.3, -0.25) is 5.01 Å². The second kappa shape index (κ2) is 6.15. The van der Waals surface area contributed by atoms with Crippen LogP contribution in [0.3, 0.4) is 0 Å². The maximum absolute atomic E-state index is 6.43. The molecule has 5 heteroatoms. The van der Waals surface area contributed by atoms with Crippen molar-refractivity contribution in [2.75, 3.05) is 49.7 Å². The van der Waals surface area contributed by atoms with Gasteiger partial charge in [0.05, 0.1) is 17.9 Å². The number of hydrazine groups is 1. The number of halogens is 1. The van der Waals surface area contributed by atoms with Crippen molar-refractivity contribution in [3.8, 4) is 0 Å². The lowest BCUT2D eigenvalue weighted by Gasteiger charge is -2.41. The zero-order valence-electron chi connectivity index (χ0n) is 15.5. The number of rotatable bonds is 1. The lowest BCUT2D eigenvalue weighted by molar-refractivity contribution is 0.140. The predicted molar refractivity (Wildman–Crippen MR) is 109 cm³/mol. The van der Waals surface area contributed by atoms with Gasteiger partial charge in [-0.2, -0.15) is 0 Å². The van der Waals surface area contributed by atoms with E-state index in [1.54, 1.807) is 0 Å². The molecule has 26 heavy (non-hydrogen) atoms. The standard InChI is InChI=1S/C21H25ClN4/c1-15-11-16-5-6-25-19-4-3-18(22)13-20(19)26(14-17(12-15)21(16)25)24-9-7-23(2)8-10-24/h3-4,11-13H,5-10,14H2,1-2H3. The first kappa shape index (κ1) is 16.4. The average Bonchev–Trinajstić information content (AvgIpc) is 2.98. The molecule has 3 aliphatic rings. The zero-order valence-corrected chi connectivity index (χ0v) is 16.3. The van der Waals surface area contributed by atoms with Crippen LogP contribution in [0.15, 0.2) is 30.3 Å². The molecule has 0 unspecified atom stereocenters. The molecule has 2 aromatic rings. The fraction of sp³-hybridized carbons (Fsp3) is 0.429. The predicted octanol–water partition coefficient (Wildman–Crippen LogP) is 3.83. The largest absolute Gasteiger partial charge is 0.339 e. The molecular formula is C21H25ClN4. The number of anilines is 3. The third-order valence-corrected chi connectivity index (χ3v) is 6.17. The van der Waals surface area contributed by atoms with Crippen LogP contribution in [0.4, 0.5) is 17.1 Å². The lowest BCUT2D eigenvalue weighted by Crippen LogP contribution is -2.52. The van der Waals surface area contributed by atoms with Crippen molar-refractivity contribution >= 4 is 28.7 Å². The Morgan fingerprint density at radius 3 is 2.46 bits per heavy atom. The van der Waals surface area contributed by atoms with Crippen LogP contribution in [-0.2, 0) is 13.0 Å². The van der Waals surface area contributed by atoms with Gasteiger partial charge in [0, 0.05) is 43.4 Å². The highest BCUT2D eigenvalue weighted by Gasteiger charge is 2.33. The van der Waals surface area contributed by atoms with Crippen LogP contribution < -0.4 is 9.91 Å². The van der Waals surface area contributed by atoms with Crippen LogP contribution in [0, 0.1) is 6.92 Å². The molecule has 0 aromatic heterocycles. The molecule has 3 heterocycles. The Bertz CT molecular complexity index is 857. The molecule has 136 valence electrons. The van der Waals surface area contributed by atoms with E-state index < -0.39 is 0 Å². The highest BCUT2D eigenvalue weighted by Crippen LogP contribution is 2.47. The summed E-state index contributed by atoms with van der Waals surface area (Å²) in [5.41, 5.74) is 8.24. The number of hydrogen-bond donors (Lipinski definition) is 0. The van der Waals surface area contributed by atoms with Crippen molar-refractivity contribution < 1.29 is 0 Å². The Morgan fingerprint density at radius 2 is 1.65 bits per heavy atom. The fourth-order valence-electron chi connectivity index (χ4n) is 4.64. The normalized spacial score (nSPS) is 20.1. The molecule has 0 atom stereocenters. The lowest BCUT2D eigenvalue weighted by atomic mass is 10.0. The van der Waals surface area contributed by atoms with Crippen molar-refractivity contribution in [3.05, 3.63) is 52.0 Å². The van der Waals surface area contributed by atoms with Gasteiger partial charge in [0.2, 0.25) is 0 Å². The summed E-state index contributed by atoms with van der Waals surface area (Å²) in [6.07, 6.45) is 1.13. The van der Waals surface area contributed by atoms with Crippen LogP contribution in [0.2, 0.25) is 5.02 Å². The minimum Gasteiger partial charge on any atom is -0.339 e. The highest BCUT2D eigenvalue weighted by atomic mass is 35.5. The molecule has 4 nitrogen and oxygen atoms in total. The van der Waals surface area contributed by atoms with E-state index in [4.69, 9.17) is 11.6 Å². The maximum atomic E-state index is 6.43. The first-order valence-electron chi connectivity index (χ1n) is 9.50. The second-order valence-corrected chi connectivity index (χ2v) is 8.22. The van der Waals surface area contributed by atoms with Crippen molar-refractivity contribution in [1.29, 1.82) is 0 Å². The second-order valence-electron chi connectivity index (χ2n) is 7.78. The molecule has 3 aliphatic heterocycles. The van der Waals surface area contributed by atoms with Crippen LogP contribution in [0.1, 0.15) is 16.7 Å². The Morgan fingerprint density at radius 1 is 0.885 bits per heavy atom. The van der Waals surface area contributed by atoms with Crippen LogP contribution in [0.25, 0.3) is 0 Å². The molecule has 0 spiro atoms. The van der Waals surface area contributed by atoms with Crippen LogP contribution in [0.5, 0.6) is 0 Å². The van der Waals surface area contributed by atoms with Crippen LogP contribution >= 0.6 is 11.6 Å². The Labute approximate surface area is 160 Å². The maximum Gasteiger partial charge on any atom is 0.0778 e. The molecule has 0 saturated carbocycles. The minimum atomic E-state index is 0.810. The van der Waals surface area contributed by atoms with Crippen LogP contribution in [-0.4, -0.2) is 49.7 Å². The number of piperazine rings is 1. The summed E-state index contributed by atoms with van der Waals surface area (Å²) in [5, 5.41) is 5.79. The van der Waals surface area contributed by atoms with E-state index in [-0.39, 0.29) is 0 Å². The molecule has 1 saturated heterocycles. The van der Waals surface area contributed by atoms with E-state index in [0.29, 0.717) is 0 Å². The molecular weight excluding hydrogens is 344 g/mol. The summed E-state index contributed by atoms with van der Waals surface area (Å²) in [6.45, 7) is 8.49. The Kier molecular flexibility index (Phi) is 3.89. The fourth-order valence-corrected chi connectivity index (χ4v) is 4.81. The van der Waals surface area contributed by atoms with Gasteiger partial charge < -0.3 is 9.80 Å². The average molecular weight is 369 g/mol. The number of benzene rings is 2. The Hall–Kier alpha value is -1.75. The molecule has 1 fully saturated rings. The molecule has 0 amide bonds. The minimum absolute atomic E-state index is 0.810. The molecule has 0 N–H and O–H groups in total. The van der Waals surface area contributed by atoms with Gasteiger partial charge in [-0.1, -0.05) is 29.3 Å². The van der Waals surface area contributed by atoms with Crippen molar-refractivity contribution in [2.45, 2.75) is 19.9 Å². The number of likely N-dealkylation sites (N-methyl/N-ethyl adjacent to an activating group) is 1. The highest BCUT2D eigenvalue weighted by molar-refractivity contribution is 6.31.